The second kappa shape index (κ2) is 27.2. The molecule has 5 amide bonds. The summed E-state index contributed by atoms with van der Waals surface area (Å²) in [5.41, 5.74) is 1.30. The zero-order chi connectivity index (χ0) is 46.3. The van der Waals surface area contributed by atoms with Crippen molar-refractivity contribution < 1.29 is 63.5 Å². The number of likely N-dealkylation sites (N-methyl/N-ethyl adjacent to an activating group) is 2. The van der Waals surface area contributed by atoms with Crippen LogP contribution in [0.2, 0.25) is 0 Å². The highest BCUT2D eigenvalue weighted by Gasteiger charge is 2.31. The first-order chi connectivity index (χ1) is 28.6. The Morgan fingerprint density at radius 3 is 1.44 bits per heavy atom. The van der Waals surface area contributed by atoms with Gasteiger partial charge in [0, 0.05) is 70.8 Å². The highest BCUT2D eigenvalue weighted by Crippen LogP contribution is 2.41. The molecule has 2 rings (SSSR count). The van der Waals surface area contributed by atoms with E-state index in [1.807, 2.05) is 136 Å². The van der Waals surface area contributed by atoms with E-state index in [4.69, 9.17) is 9.47 Å². The average molecular weight is 1530 g/mol. The van der Waals surface area contributed by atoms with E-state index >= 15 is 0 Å². The van der Waals surface area contributed by atoms with Gasteiger partial charge in [0.1, 0.15) is 0 Å². The van der Waals surface area contributed by atoms with Gasteiger partial charge in [-0.25, -0.2) is 0 Å². The summed E-state index contributed by atoms with van der Waals surface area (Å²) in [6.45, 7) is 0.613. The fourth-order valence-electron chi connectivity index (χ4n) is 5.08. The number of benzene rings is 2. The molecule has 0 saturated heterocycles. The maximum Gasteiger partial charge on any atom is 0.303 e. The monoisotopic (exact) mass is 1530 g/mol. The summed E-state index contributed by atoms with van der Waals surface area (Å²) in [6.07, 6.45) is -2.31. The van der Waals surface area contributed by atoms with Crippen LogP contribution in [0, 0.1) is 21.4 Å². The number of carbonyl (C=O) groups is 7. The van der Waals surface area contributed by atoms with Crippen molar-refractivity contribution in [1.82, 2.24) is 20.9 Å². The first-order valence-electron chi connectivity index (χ1n) is 17.7. The smallest absolute Gasteiger partial charge is 0.303 e. The first-order valence-corrected chi connectivity index (χ1v) is 24.1. The van der Waals surface area contributed by atoms with Crippen molar-refractivity contribution in [3.05, 3.63) is 38.1 Å². The number of amides is 5. The third kappa shape index (κ3) is 16.6. The number of aliphatic hydroxyl groups is 4. The lowest BCUT2D eigenvalue weighted by Gasteiger charge is -2.28. The van der Waals surface area contributed by atoms with Crippen molar-refractivity contribution in [2.45, 2.75) is 26.1 Å². The summed E-state index contributed by atoms with van der Waals surface area (Å²) in [7, 11) is 3.08. The largest absolute Gasteiger partial charge is 0.456 e. The lowest BCUT2D eigenvalue weighted by Crippen LogP contribution is -2.38. The van der Waals surface area contributed by atoms with E-state index in [0.717, 1.165) is 6.92 Å². The van der Waals surface area contributed by atoms with Gasteiger partial charge in [0.05, 0.1) is 77.0 Å². The summed E-state index contributed by atoms with van der Waals surface area (Å²) >= 11 is 11.6. The van der Waals surface area contributed by atoms with E-state index in [9.17, 15) is 54.0 Å². The number of esters is 2. The summed E-state index contributed by atoms with van der Waals surface area (Å²) in [5.74, 6) is -4.32. The Hall–Kier alpha value is -1.29. The van der Waals surface area contributed by atoms with Crippen LogP contribution in [-0.2, 0) is 28.7 Å². The SMILES string of the molecule is CC(=O)OCC(=O)Nc1c(I)c(C(=O)NCCNCCNC(=O)c2c(I)c(NC(=O)COC(C)=O)c(I)c(N(C)CC(O)CO)c2I)c(I)c(C(=O)N(C)CC(O)CO)c1I. The molecule has 0 spiro atoms. The number of nitrogens with one attached hydrogen (secondary N) is 5. The second-order valence-corrected chi connectivity index (χ2v) is 19.2. The third-order valence-electron chi connectivity index (χ3n) is 7.91. The molecular weight excluding hydrogens is 1490 g/mol. The molecule has 338 valence electrons. The van der Waals surface area contributed by atoms with Crippen LogP contribution < -0.4 is 31.5 Å². The number of hydrogen-bond acceptors (Lipinski definition) is 15. The minimum absolute atomic E-state index is 0.00969. The number of nitrogens with zero attached hydrogens (tertiary/aromatic N) is 2. The van der Waals surface area contributed by atoms with Crippen LogP contribution in [-0.4, -0.2) is 159 Å². The van der Waals surface area contributed by atoms with Gasteiger partial charge in [0.25, 0.3) is 29.5 Å². The number of anilines is 3. The topological polar surface area (TPSA) is 286 Å². The lowest BCUT2D eigenvalue weighted by atomic mass is 10.1. The fraction of sp³-hybridized carbons (Fsp3) is 0.457. The van der Waals surface area contributed by atoms with Crippen LogP contribution in [0.15, 0.2) is 0 Å². The van der Waals surface area contributed by atoms with Crippen LogP contribution in [0.5, 0.6) is 0 Å². The van der Waals surface area contributed by atoms with Crippen LogP contribution in [0.25, 0.3) is 0 Å². The van der Waals surface area contributed by atoms with Crippen LogP contribution in [0.1, 0.15) is 44.9 Å². The fourth-order valence-corrected chi connectivity index (χ4v) is 14.2. The molecule has 0 aliphatic carbocycles. The van der Waals surface area contributed by atoms with Gasteiger partial charge in [-0.15, -0.1) is 0 Å². The van der Waals surface area contributed by atoms with E-state index in [2.05, 4.69) is 26.6 Å². The molecule has 2 aromatic rings. The molecule has 61 heavy (non-hydrogen) atoms. The maximum atomic E-state index is 13.7. The van der Waals surface area contributed by atoms with Crippen molar-refractivity contribution in [1.29, 1.82) is 0 Å². The van der Waals surface area contributed by atoms with Crippen LogP contribution in [0.3, 0.4) is 0 Å². The number of hydrogen-bond donors (Lipinski definition) is 9. The highest BCUT2D eigenvalue weighted by atomic mass is 127. The Morgan fingerprint density at radius 2 is 1.00 bits per heavy atom. The Kier molecular flexibility index (Phi) is 24.9. The van der Waals surface area contributed by atoms with Crippen molar-refractivity contribution in [2.24, 2.45) is 0 Å². The molecular formula is C35H43I6N7O13. The quantitative estimate of drug-likeness (QED) is 0.0456. The Bertz CT molecular complexity index is 2000. The standard InChI is InChI=1S/C35H43I6N7O13/c1-15(51)60-13-19(55)45-30-25(37)21(24(36)23(27(30)39)35(59)48(4)10-18(54)12-50)33(57)43-7-5-42-6-8-44-34(58)22-26(38)31(46-20(56)14-61-16(2)52)29(41)32(28(22)40)47(3)9-17(53)11-49/h17-18,42,49-50,53-54H,5-14H2,1-4H3,(H,43,57)(H,44,58)(H,45,55)(H,46,56). The minimum atomic E-state index is -1.22. The third-order valence-corrected chi connectivity index (χ3v) is 14.3. The molecule has 0 fully saturated rings. The molecule has 0 aliphatic heterocycles. The Morgan fingerprint density at radius 1 is 0.590 bits per heavy atom. The van der Waals surface area contributed by atoms with Gasteiger partial charge in [0.15, 0.2) is 13.2 Å². The second-order valence-electron chi connectivity index (χ2n) is 12.8. The first kappa shape index (κ1) is 55.8. The zero-order valence-corrected chi connectivity index (χ0v) is 45.8. The molecule has 2 unspecified atom stereocenters. The van der Waals surface area contributed by atoms with Crippen molar-refractivity contribution in [3.63, 3.8) is 0 Å². The van der Waals surface area contributed by atoms with E-state index in [0.29, 0.717) is 20.0 Å². The van der Waals surface area contributed by atoms with Gasteiger partial charge < -0.3 is 66.3 Å². The van der Waals surface area contributed by atoms with Crippen molar-refractivity contribution >= 4 is 194 Å². The summed E-state index contributed by atoms with van der Waals surface area (Å²) in [4.78, 5) is 91.8. The van der Waals surface area contributed by atoms with Crippen LogP contribution >= 0.6 is 136 Å². The lowest BCUT2D eigenvalue weighted by molar-refractivity contribution is -0.145. The normalized spacial score (nSPS) is 11.8. The number of ether oxygens (including phenoxy) is 2. The predicted molar refractivity (Wildman–Crippen MR) is 274 cm³/mol. The molecule has 2 aromatic carbocycles. The van der Waals surface area contributed by atoms with E-state index in [-0.39, 0.29) is 74.5 Å². The predicted octanol–water partition coefficient (Wildman–Crippen LogP) is 1.28. The molecule has 0 saturated carbocycles. The van der Waals surface area contributed by atoms with E-state index in [1.165, 1.54) is 18.9 Å². The minimum Gasteiger partial charge on any atom is -0.456 e. The summed E-state index contributed by atoms with van der Waals surface area (Å²) < 4.78 is 11.9. The van der Waals surface area contributed by atoms with Gasteiger partial charge in [-0.3, -0.25) is 33.6 Å². The molecule has 26 heteroatoms. The average Bonchev–Trinajstić information content (AvgIpc) is 3.18. The molecule has 0 radical (unpaired) electrons. The van der Waals surface area contributed by atoms with E-state index in [1.54, 1.807) is 11.9 Å². The zero-order valence-electron chi connectivity index (χ0n) is 32.9. The molecule has 20 nitrogen and oxygen atoms in total. The van der Waals surface area contributed by atoms with Gasteiger partial charge in [-0.1, -0.05) is 0 Å². The molecule has 9 N–H and O–H groups in total. The van der Waals surface area contributed by atoms with Gasteiger partial charge in [-0.2, -0.15) is 0 Å². The summed E-state index contributed by atoms with van der Waals surface area (Å²) in [5, 5.41) is 52.9. The number of carbonyl (C=O) groups excluding carboxylic acids is 7. The molecule has 0 aliphatic rings. The van der Waals surface area contributed by atoms with E-state index < -0.39 is 80.1 Å². The highest BCUT2D eigenvalue weighted by molar-refractivity contribution is 14.1. The molecule has 0 heterocycles. The molecule has 0 bridgehead atoms. The number of rotatable bonds is 22. The summed E-state index contributed by atoms with van der Waals surface area (Å²) in [6, 6.07) is 0. The number of halogens is 6. The Labute approximate surface area is 432 Å². The van der Waals surface area contributed by atoms with Gasteiger partial charge in [0.2, 0.25) is 0 Å². The Balaban J connectivity index is 2.25. The van der Waals surface area contributed by atoms with Gasteiger partial charge in [-0.05, 0) is 136 Å². The number of aliphatic hydroxyl groups excluding tert-OH is 4. The van der Waals surface area contributed by atoms with Crippen molar-refractivity contribution in [2.75, 3.05) is 95.3 Å². The van der Waals surface area contributed by atoms with Gasteiger partial charge >= 0.3 is 11.9 Å². The van der Waals surface area contributed by atoms with Crippen LogP contribution in [0.4, 0.5) is 17.1 Å². The maximum absolute atomic E-state index is 13.7. The van der Waals surface area contributed by atoms with Crippen molar-refractivity contribution in [3.8, 4) is 0 Å². The molecule has 2 atom stereocenters. The molecule has 0 aromatic heterocycles.